The van der Waals surface area contributed by atoms with E-state index in [-0.39, 0.29) is 5.41 Å². The van der Waals surface area contributed by atoms with Crippen LogP contribution in [-0.4, -0.2) is 0 Å². The molecule has 0 N–H and O–H groups in total. The molecule has 1 heterocycles. The predicted molar refractivity (Wildman–Crippen MR) is 237 cm³/mol. The smallest absolute Gasteiger partial charge is 0.0540 e. The molecule has 10 aromatic rings. The lowest BCUT2D eigenvalue weighted by molar-refractivity contribution is 0.660. The third-order valence-corrected chi connectivity index (χ3v) is 13.0. The second-order valence-electron chi connectivity index (χ2n) is 15.3. The highest BCUT2D eigenvalue weighted by molar-refractivity contribution is 7.25. The van der Waals surface area contributed by atoms with E-state index in [1.165, 1.54) is 86.2 Å². The molecule has 55 heavy (non-hydrogen) atoms. The highest BCUT2D eigenvalue weighted by Gasteiger charge is 2.36. The van der Waals surface area contributed by atoms with Gasteiger partial charge in [-0.25, -0.2) is 0 Å². The van der Waals surface area contributed by atoms with E-state index >= 15 is 0 Å². The molecule has 0 radical (unpaired) electrons. The number of benzene rings is 9. The van der Waals surface area contributed by atoms with Crippen molar-refractivity contribution in [3.8, 4) is 33.4 Å². The minimum absolute atomic E-state index is 0.107. The lowest BCUT2D eigenvalue weighted by atomic mass is 9.82. The lowest BCUT2D eigenvalue weighted by Crippen LogP contribution is -2.16. The van der Waals surface area contributed by atoms with Gasteiger partial charge in [0.25, 0.3) is 0 Å². The van der Waals surface area contributed by atoms with Crippen molar-refractivity contribution in [1.29, 1.82) is 0 Å². The van der Waals surface area contributed by atoms with Crippen molar-refractivity contribution >= 4 is 70.1 Å². The molecule has 1 aliphatic carbocycles. The first kappa shape index (κ1) is 32.0. The van der Waals surface area contributed by atoms with Gasteiger partial charge in [0.2, 0.25) is 0 Å². The quantitative estimate of drug-likeness (QED) is 0.171. The largest absolute Gasteiger partial charge is 0.310 e. The summed E-state index contributed by atoms with van der Waals surface area (Å²) >= 11 is 1.88. The number of rotatable bonds is 5. The molecule has 0 saturated carbocycles. The van der Waals surface area contributed by atoms with Crippen molar-refractivity contribution in [1.82, 2.24) is 0 Å². The average molecular weight is 720 g/mol. The van der Waals surface area contributed by atoms with Crippen molar-refractivity contribution in [2.45, 2.75) is 19.3 Å². The normalized spacial score (nSPS) is 13.1. The topological polar surface area (TPSA) is 3.24 Å². The first-order valence-electron chi connectivity index (χ1n) is 19.1. The molecule has 260 valence electrons. The molecule has 0 spiro atoms. The molecule has 0 amide bonds. The third kappa shape index (κ3) is 5.06. The molecule has 9 aromatic carbocycles. The van der Waals surface area contributed by atoms with Crippen molar-refractivity contribution in [2.24, 2.45) is 0 Å². The Hall–Kier alpha value is -6.48. The second-order valence-corrected chi connectivity index (χ2v) is 16.4. The van der Waals surface area contributed by atoms with E-state index < -0.39 is 0 Å². The summed E-state index contributed by atoms with van der Waals surface area (Å²) in [7, 11) is 0. The molecule has 0 atom stereocenters. The molecule has 11 rings (SSSR count). The molecule has 0 unspecified atom stereocenters. The lowest BCUT2D eigenvalue weighted by Gasteiger charge is -2.30. The Balaban J connectivity index is 1.06. The summed E-state index contributed by atoms with van der Waals surface area (Å²) in [5.74, 6) is 0. The first-order chi connectivity index (χ1) is 27.0. The highest BCUT2D eigenvalue weighted by Crippen LogP contribution is 2.51. The summed E-state index contributed by atoms with van der Waals surface area (Å²) in [4.78, 5) is 2.46. The van der Waals surface area contributed by atoms with E-state index in [0.29, 0.717) is 0 Å². The number of anilines is 3. The molecule has 1 nitrogen and oxygen atoms in total. The molecule has 0 saturated heterocycles. The van der Waals surface area contributed by atoms with Gasteiger partial charge in [-0.05, 0) is 109 Å². The maximum atomic E-state index is 2.46. The van der Waals surface area contributed by atoms with Crippen molar-refractivity contribution < 1.29 is 0 Å². The summed E-state index contributed by atoms with van der Waals surface area (Å²) in [5, 5.41) is 7.73. The zero-order chi connectivity index (χ0) is 36.7. The number of fused-ring (bicyclic) bond motifs is 8. The number of nitrogens with zero attached hydrogens (tertiary/aromatic N) is 1. The van der Waals surface area contributed by atoms with Gasteiger partial charge in [-0.2, -0.15) is 0 Å². The van der Waals surface area contributed by atoms with Crippen LogP contribution in [0.25, 0.3) is 75.1 Å². The molecule has 0 fully saturated rings. The predicted octanol–water partition coefficient (Wildman–Crippen LogP) is 15.5. The van der Waals surface area contributed by atoms with Crippen LogP contribution in [0.15, 0.2) is 188 Å². The van der Waals surface area contributed by atoms with Gasteiger partial charge in [-0.15, -0.1) is 11.3 Å². The maximum absolute atomic E-state index is 2.46. The van der Waals surface area contributed by atoms with Crippen molar-refractivity contribution in [2.75, 3.05) is 4.90 Å². The summed E-state index contributed by atoms with van der Waals surface area (Å²) in [6.07, 6.45) is 0. The Morgan fingerprint density at radius 2 is 1.00 bits per heavy atom. The van der Waals surface area contributed by atoms with Gasteiger partial charge in [0.05, 0.1) is 5.69 Å². The van der Waals surface area contributed by atoms with Crippen LogP contribution < -0.4 is 4.90 Å². The molecule has 1 aromatic heterocycles. The van der Waals surface area contributed by atoms with Crippen LogP contribution in [0.4, 0.5) is 17.1 Å². The summed E-state index contributed by atoms with van der Waals surface area (Å²) in [6.45, 7) is 4.72. The maximum Gasteiger partial charge on any atom is 0.0540 e. The van der Waals surface area contributed by atoms with E-state index in [1.54, 1.807) is 0 Å². The van der Waals surface area contributed by atoms with Gasteiger partial charge in [0, 0.05) is 42.5 Å². The van der Waals surface area contributed by atoms with Crippen LogP contribution in [0.1, 0.15) is 25.0 Å². The Kier molecular flexibility index (Phi) is 7.14. The van der Waals surface area contributed by atoms with Crippen molar-refractivity contribution in [3.63, 3.8) is 0 Å². The fourth-order valence-corrected chi connectivity index (χ4v) is 10.2. The molecule has 2 heteroatoms. The van der Waals surface area contributed by atoms with Gasteiger partial charge >= 0.3 is 0 Å². The number of thiophene rings is 1. The molecule has 0 bridgehead atoms. The van der Waals surface area contributed by atoms with Crippen molar-refractivity contribution in [3.05, 3.63) is 199 Å². The zero-order valence-electron chi connectivity index (χ0n) is 30.8. The van der Waals surface area contributed by atoms with Gasteiger partial charge < -0.3 is 4.90 Å². The second kappa shape index (κ2) is 12.3. The first-order valence-corrected chi connectivity index (χ1v) is 19.9. The van der Waals surface area contributed by atoms with Gasteiger partial charge in [-0.1, -0.05) is 153 Å². The van der Waals surface area contributed by atoms with E-state index in [2.05, 4.69) is 207 Å². The summed E-state index contributed by atoms with van der Waals surface area (Å²) in [6, 6.07) is 69.7. The van der Waals surface area contributed by atoms with Crippen LogP contribution in [0, 0.1) is 0 Å². The monoisotopic (exact) mass is 719 g/mol. The molecular formula is C53H37NS. The van der Waals surface area contributed by atoms with Gasteiger partial charge in [0.15, 0.2) is 0 Å². The van der Waals surface area contributed by atoms with E-state index in [0.717, 1.165) is 17.1 Å². The Morgan fingerprint density at radius 3 is 1.85 bits per heavy atom. The van der Waals surface area contributed by atoms with Crippen LogP contribution in [0.3, 0.4) is 0 Å². The Morgan fingerprint density at radius 1 is 0.382 bits per heavy atom. The number of para-hydroxylation sites is 1. The van der Waals surface area contributed by atoms with Gasteiger partial charge in [-0.3, -0.25) is 0 Å². The number of hydrogen-bond donors (Lipinski definition) is 0. The fourth-order valence-electron chi connectivity index (χ4n) is 9.06. The SMILES string of the molecule is CC1(C)c2ccccc2-c2ccc(N(c3ccc(-c4ccc5c(c4)sc4cc6ccccc6cc45)cc3)c3ccccc3-c3cccc4ccccc34)cc21. The third-order valence-electron chi connectivity index (χ3n) is 11.8. The number of hydrogen-bond acceptors (Lipinski definition) is 2. The Bertz CT molecular complexity index is 3120. The minimum atomic E-state index is -0.107. The summed E-state index contributed by atoms with van der Waals surface area (Å²) < 4.78 is 2.65. The van der Waals surface area contributed by atoms with Crippen LogP contribution in [0.2, 0.25) is 0 Å². The van der Waals surface area contributed by atoms with Gasteiger partial charge in [0.1, 0.15) is 0 Å². The van der Waals surface area contributed by atoms with Crippen LogP contribution >= 0.6 is 11.3 Å². The fraction of sp³-hybridized carbons (Fsp3) is 0.0566. The molecule has 1 aliphatic rings. The molecule has 0 aliphatic heterocycles. The van der Waals surface area contributed by atoms with E-state index in [1.807, 2.05) is 11.3 Å². The minimum Gasteiger partial charge on any atom is -0.310 e. The van der Waals surface area contributed by atoms with Crippen LogP contribution in [0.5, 0.6) is 0 Å². The summed E-state index contributed by atoms with van der Waals surface area (Å²) in [5.41, 5.74) is 13.6. The zero-order valence-corrected chi connectivity index (χ0v) is 31.6. The highest BCUT2D eigenvalue weighted by atomic mass is 32.1. The Labute approximate surface area is 325 Å². The molecular weight excluding hydrogens is 683 g/mol. The average Bonchev–Trinajstić information content (AvgIpc) is 3.70. The van der Waals surface area contributed by atoms with E-state index in [9.17, 15) is 0 Å². The van der Waals surface area contributed by atoms with E-state index in [4.69, 9.17) is 0 Å². The standard InChI is InChI=1S/C53H37NS/c1-53(2)48-20-9-7-17-43(48)44-29-27-40(33-49(44)53)54(50-21-10-8-18-45(50)42-19-11-15-35-12-5-6-16-41(35)42)39-25-22-34(23-26-39)38-24-28-46-47-30-36-13-3-4-14-37(36)31-52(47)55-51(46)32-38/h3-33H,1-2H3. The van der Waals surface area contributed by atoms with Crippen LogP contribution in [-0.2, 0) is 5.41 Å².